The van der Waals surface area contributed by atoms with Crippen LogP contribution in [-0.2, 0) is 0 Å². The fourth-order valence-corrected chi connectivity index (χ4v) is 0.430. The molecule has 0 unspecified atom stereocenters. The van der Waals surface area contributed by atoms with E-state index < -0.39 is 23.0 Å². The summed E-state index contributed by atoms with van der Waals surface area (Å²) >= 11 is -1.72. The molecule has 0 amide bonds. The molecule has 1 aromatic rings. The van der Waals surface area contributed by atoms with Gasteiger partial charge in [-0.25, -0.2) is 38.9 Å². The quantitative estimate of drug-likeness (QED) is 0.614. The zero-order valence-electron chi connectivity index (χ0n) is 5.78. The molecule has 1 rings (SSSR count). The minimum atomic E-state index is -1.72. The first-order valence-electron chi connectivity index (χ1n) is 2.85. The molecule has 0 aliphatic carbocycles. The molecule has 0 N–H and O–H groups in total. The third kappa shape index (κ3) is 8.58. The van der Waals surface area contributed by atoms with Crippen molar-refractivity contribution in [2.45, 2.75) is 0 Å². The molecule has 0 heterocycles. The molecule has 0 spiro atoms. The zero-order chi connectivity index (χ0) is 9.56. The van der Waals surface area contributed by atoms with Crippen LogP contribution in [0.15, 0.2) is 24.3 Å². The van der Waals surface area contributed by atoms with Crippen molar-refractivity contribution in [3.05, 3.63) is 35.9 Å². The summed E-state index contributed by atoms with van der Waals surface area (Å²) in [5.41, 5.74) is 0. The Labute approximate surface area is 86.0 Å². The van der Waals surface area contributed by atoms with E-state index in [-0.39, 0.29) is 0 Å². The van der Waals surface area contributed by atoms with Crippen LogP contribution < -0.4 is 0 Å². The van der Waals surface area contributed by atoms with Crippen molar-refractivity contribution in [3.63, 3.8) is 0 Å². The van der Waals surface area contributed by atoms with Gasteiger partial charge in [-0.2, -0.15) is 0 Å². The van der Waals surface area contributed by atoms with Crippen LogP contribution in [0.25, 0.3) is 0 Å². The Balaban J connectivity index is 0.000000261. The molecule has 0 aromatic heterocycles. The molecule has 1 aromatic carbocycles. The van der Waals surface area contributed by atoms with Gasteiger partial charge in [0.2, 0.25) is 0 Å². The molecule has 0 saturated heterocycles. The second kappa shape index (κ2) is 6.94. The molecule has 0 saturated carbocycles. The topological polar surface area (TPSA) is 0 Å². The predicted molar refractivity (Wildman–Crippen MR) is 49.7 cm³/mol. The van der Waals surface area contributed by atoms with Crippen LogP contribution in [0.2, 0.25) is 0 Å². The van der Waals surface area contributed by atoms with Gasteiger partial charge in [-0.1, -0.05) is 0 Å². The van der Waals surface area contributed by atoms with Crippen LogP contribution in [0.1, 0.15) is 0 Å². The third-order valence-corrected chi connectivity index (χ3v) is 0.804. The Morgan fingerprint density at radius 2 is 1.00 bits per heavy atom. The summed E-state index contributed by atoms with van der Waals surface area (Å²) < 4.78 is 23.8. The summed E-state index contributed by atoms with van der Waals surface area (Å²) in [6.45, 7) is 0. The van der Waals surface area contributed by atoms with E-state index in [4.69, 9.17) is 30.1 Å². The standard InChI is InChI=1S/C6H4F2.Al.3ClH/c7-5-1-2-6(8)4-3-5;;;;/h1-4H;;3*1H/q;+3;;;/p-3. The van der Waals surface area contributed by atoms with E-state index in [0.29, 0.717) is 0 Å². The summed E-state index contributed by atoms with van der Waals surface area (Å²) in [6.07, 6.45) is 0. The van der Waals surface area contributed by atoms with E-state index in [1.165, 1.54) is 0 Å². The molecule has 12 heavy (non-hydrogen) atoms. The van der Waals surface area contributed by atoms with Crippen molar-refractivity contribution >= 4 is 41.5 Å². The fraction of sp³-hybridized carbons (Fsp3) is 0. The lowest BCUT2D eigenvalue weighted by molar-refractivity contribution is 0.600. The van der Waals surface area contributed by atoms with Crippen LogP contribution >= 0.6 is 30.1 Å². The van der Waals surface area contributed by atoms with Crippen molar-refractivity contribution < 1.29 is 8.78 Å². The lowest BCUT2D eigenvalue weighted by Gasteiger charge is -1.83. The van der Waals surface area contributed by atoms with Gasteiger partial charge in [-0.05, 0) is 24.3 Å². The van der Waals surface area contributed by atoms with Crippen molar-refractivity contribution in [3.8, 4) is 0 Å². The molecule has 0 bridgehead atoms. The number of halogens is 5. The Hall–Kier alpha value is 0.482. The second-order valence-electron chi connectivity index (χ2n) is 1.68. The highest BCUT2D eigenvalue weighted by Crippen LogP contribution is 1.98. The van der Waals surface area contributed by atoms with Gasteiger partial charge < -0.3 is 0 Å². The van der Waals surface area contributed by atoms with Crippen LogP contribution in [-0.4, -0.2) is 11.4 Å². The van der Waals surface area contributed by atoms with Gasteiger partial charge in [0.25, 0.3) is 0 Å². The average Bonchev–Trinajstić information content (AvgIpc) is 1.94. The van der Waals surface area contributed by atoms with Gasteiger partial charge in [0.1, 0.15) is 11.6 Å². The number of hydrogen-bond donors (Lipinski definition) is 0. The third-order valence-electron chi connectivity index (χ3n) is 0.804. The van der Waals surface area contributed by atoms with Crippen LogP contribution in [0.5, 0.6) is 0 Å². The fourth-order valence-electron chi connectivity index (χ4n) is 0.430. The minimum Gasteiger partial charge on any atom is -0.214 e. The van der Waals surface area contributed by atoms with Crippen LogP contribution in [0, 0.1) is 11.6 Å². The van der Waals surface area contributed by atoms with Gasteiger partial charge in [0.05, 0.1) is 0 Å². The Morgan fingerprint density at radius 3 is 1.17 bits per heavy atom. The first kappa shape index (κ1) is 12.5. The average molecular weight is 247 g/mol. The Kier molecular flexibility index (Phi) is 7.22. The van der Waals surface area contributed by atoms with Crippen molar-refractivity contribution in [2.75, 3.05) is 0 Å². The normalized spacial score (nSPS) is 8.42. The van der Waals surface area contributed by atoms with Crippen molar-refractivity contribution in [2.24, 2.45) is 0 Å². The summed E-state index contributed by atoms with van der Waals surface area (Å²) in [4.78, 5) is 0. The van der Waals surface area contributed by atoms with E-state index in [1.54, 1.807) is 0 Å². The SMILES string of the molecule is Fc1ccc(F)cc1.[Cl][Al]([Cl])[Cl]. The second-order valence-corrected chi connectivity index (χ2v) is 8.12. The predicted octanol–water partition coefficient (Wildman–Crippen LogP) is 3.65. The van der Waals surface area contributed by atoms with E-state index in [9.17, 15) is 8.78 Å². The first-order valence-corrected chi connectivity index (χ1v) is 8.09. The molecule has 0 nitrogen and oxygen atoms in total. The molecule has 0 fully saturated rings. The smallest absolute Gasteiger partial charge is 0.214 e. The largest absolute Gasteiger partial charge is 0.643 e. The molecular weight excluding hydrogens is 243 g/mol. The lowest BCUT2D eigenvalue weighted by Crippen LogP contribution is -1.72. The maximum atomic E-state index is 11.9. The monoisotopic (exact) mass is 246 g/mol. The summed E-state index contributed by atoms with van der Waals surface area (Å²) in [5, 5.41) is 0. The summed E-state index contributed by atoms with van der Waals surface area (Å²) in [6, 6.07) is 4.31. The summed E-state index contributed by atoms with van der Waals surface area (Å²) in [7, 11) is 14.8. The number of rotatable bonds is 0. The van der Waals surface area contributed by atoms with E-state index in [1.807, 2.05) is 0 Å². The first-order chi connectivity index (χ1) is 5.52. The van der Waals surface area contributed by atoms with E-state index in [2.05, 4.69) is 0 Å². The van der Waals surface area contributed by atoms with Crippen LogP contribution in [0.4, 0.5) is 8.78 Å². The van der Waals surface area contributed by atoms with Crippen molar-refractivity contribution in [1.29, 1.82) is 0 Å². The molecular formula is C6H4AlCl3F2. The molecule has 0 aliphatic rings. The summed E-state index contributed by atoms with van der Waals surface area (Å²) in [5.74, 6) is -0.821. The van der Waals surface area contributed by atoms with Crippen LogP contribution in [0.3, 0.4) is 0 Å². The molecule has 0 aliphatic heterocycles. The number of hydrogen-bond acceptors (Lipinski definition) is 0. The number of benzene rings is 1. The maximum absolute atomic E-state index is 11.9. The van der Waals surface area contributed by atoms with Gasteiger partial charge in [-0.3, -0.25) is 0 Å². The minimum absolute atomic E-state index is 0.411. The lowest BCUT2D eigenvalue weighted by atomic mass is 10.3. The van der Waals surface area contributed by atoms with Gasteiger partial charge in [0, 0.05) is 0 Å². The Bertz CT molecular complexity index is 191. The van der Waals surface area contributed by atoms with Gasteiger partial charge >= 0.3 is 11.4 Å². The van der Waals surface area contributed by atoms with Crippen molar-refractivity contribution in [1.82, 2.24) is 0 Å². The molecule has 6 heteroatoms. The molecule has 0 radical (unpaired) electrons. The maximum Gasteiger partial charge on any atom is 0.643 e. The van der Waals surface area contributed by atoms with E-state index >= 15 is 0 Å². The highest BCUT2D eigenvalue weighted by Gasteiger charge is 2.00. The highest BCUT2D eigenvalue weighted by atomic mass is 35.8. The Morgan fingerprint density at radius 1 is 0.833 bits per heavy atom. The highest BCUT2D eigenvalue weighted by molar-refractivity contribution is 7.54. The van der Waals surface area contributed by atoms with E-state index in [0.717, 1.165) is 24.3 Å². The molecule has 66 valence electrons. The van der Waals surface area contributed by atoms with Gasteiger partial charge in [0.15, 0.2) is 0 Å². The van der Waals surface area contributed by atoms with Gasteiger partial charge in [-0.15, -0.1) is 0 Å². The zero-order valence-corrected chi connectivity index (χ0v) is 9.20. The molecule has 0 atom stereocenters.